The van der Waals surface area contributed by atoms with Gasteiger partial charge in [0.2, 0.25) is 6.41 Å². The van der Waals surface area contributed by atoms with Crippen molar-refractivity contribution in [1.82, 2.24) is 20.4 Å². The Morgan fingerprint density at radius 1 is 1.26 bits per heavy atom. The maximum absolute atomic E-state index is 13.8. The predicted octanol–water partition coefficient (Wildman–Crippen LogP) is 1.29. The Labute approximate surface area is 179 Å². The molecule has 2 saturated heterocycles. The predicted molar refractivity (Wildman–Crippen MR) is 112 cm³/mol. The number of piperidine rings is 1. The molecule has 168 valence electrons. The van der Waals surface area contributed by atoms with Crippen LogP contribution in [0.25, 0.3) is 0 Å². The SMILES string of the molecule is NC1C2CN(Cc3ccc(N=C(/C=C\NC=O)N4CCNCC4)cc3C(F)(F)F)CC12. The first-order valence-corrected chi connectivity index (χ1v) is 10.5. The third kappa shape index (κ3) is 5.08. The number of hydrogen-bond donors (Lipinski definition) is 3. The number of piperazine rings is 1. The van der Waals surface area contributed by atoms with E-state index in [0.29, 0.717) is 37.2 Å². The number of carbonyl (C=O) groups is 1. The molecule has 3 aliphatic rings. The second-order valence-corrected chi connectivity index (χ2v) is 8.26. The third-order valence-electron chi connectivity index (χ3n) is 6.21. The van der Waals surface area contributed by atoms with E-state index in [4.69, 9.17) is 5.73 Å². The van der Waals surface area contributed by atoms with E-state index in [1.165, 1.54) is 12.3 Å². The second-order valence-electron chi connectivity index (χ2n) is 8.26. The first-order valence-electron chi connectivity index (χ1n) is 10.5. The molecule has 4 N–H and O–H groups in total. The van der Waals surface area contributed by atoms with Gasteiger partial charge < -0.3 is 21.3 Å². The molecule has 1 aliphatic carbocycles. The summed E-state index contributed by atoms with van der Waals surface area (Å²) in [6.07, 6.45) is -0.918. The second kappa shape index (κ2) is 8.97. The van der Waals surface area contributed by atoms with Crippen LogP contribution in [0, 0.1) is 11.8 Å². The Bertz CT molecular complexity index is 853. The van der Waals surface area contributed by atoms with Crippen LogP contribution in [0.15, 0.2) is 35.5 Å². The highest BCUT2D eigenvalue weighted by atomic mass is 19.4. The monoisotopic (exact) mass is 436 g/mol. The summed E-state index contributed by atoms with van der Waals surface area (Å²) in [5.41, 5.74) is 5.76. The fourth-order valence-corrected chi connectivity index (χ4v) is 4.47. The van der Waals surface area contributed by atoms with Crippen molar-refractivity contribution in [3.05, 3.63) is 41.6 Å². The van der Waals surface area contributed by atoms with Crippen LogP contribution in [0.3, 0.4) is 0 Å². The molecule has 3 fully saturated rings. The van der Waals surface area contributed by atoms with E-state index < -0.39 is 11.7 Å². The molecule has 0 spiro atoms. The fourth-order valence-electron chi connectivity index (χ4n) is 4.47. The average molecular weight is 436 g/mol. The lowest BCUT2D eigenvalue weighted by Gasteiger charge is -2.29. The van der Waals surface area contributed by atoms with Crippen molar-refractivity contribution in [3.8, 4) is 0 Å². The molecule has 0 aromatic heterocycles. The van der Waals surface area contributed by atoms with Crippen molar-refractivity contribution < 1.29 is 18.0 Å². The maximum Gasteiger partial charge on any atom is 0.416 e. The largest absolute Gasteiger partial charge is 0.416 e. The van der Waals surface area contributed by atoms with Crippen LogP contribution in [0.4, 0.5) is 18.9 Å². The highest BCUT2D eigenvalue weighted by molar-refractivity contribution is 5.95. The zero-order chi connectivity index (χ0) is 22.0. The molecule has 2 aliphatic heterocycles. The summed E-state index contributed by atoms with van der Waals surface area (Å²) in [7, 11) is 0. The number of aliphatic imine (C=N–C) groups is 1. The highest BCUT2D eigenvalue weighted by Gasteiger charge is 2.53. The number of hydrogen-bond acceptors (Lipinski definition) is 5. The molecule has 10 heteroatoms. The van der Waals surface area contributed by atoms with Gasteiger partial charge >= 0.3 is 6.18 Å². The van der Waals surface area contributed by atoms with Crippen LogP contribution >= 0.6 is 0 Å². The highest BCUT2D eigenvalue weighted by Crippen LogP contribution is 2.45. The molecule has 1 aromatic carbocycles. The zero-order valence-corrected chi connectivity index (χ0v) is 17.1. The number of amides is 1. The van der Waals surface area contributed by atoms with Crippen LogP contribution in [0.1, 0.15) is 11.1 Å². The van der Waals surface area contributed by atoms with Crippen LogP contribution < -0.4 is 16.4 Å². The summed E-state index contributed by atoms with van der Waals surface area (Å²) in [6.45, 7) is 4.62. The van der Waals surface area contributed by atoms with Crippen molar-refractivity contribution in [3.63, 3.8) is 0 Å². The number of amidine groups is 1. The molecule has 7 nitrogen and oxygen atoms in total. The summed E-state index contributed by atoms with van der Waals surface area (Å²) in [5, 5.41) is 5.65. The summed E-state index contributed by atoms with van der Waals surface area (Å²) >= 11 is 0. The van der Waals surface area contributed by atoms with Gasteiger partial charge in [-0.1, -0.05) is 6.07 Å². The van der Waals surface area contributed by atoms with E-state index in [9.17, 15) is 18.0 Å². The molecule has 1 amide bonds. The molecular weight excluding hydrogens is 409 g/mol. The molecular formula is C21H27F3N6O. The van der Waals surface area contributed by atoms with Gasteiger partial charge in [0.05, 0.1) is 11.3 Å². The van der Waals surface area contributed by atoms with Gasteiger partial charge in [-0.3, -0.25) is 9.69 Å². The lowest BCUT2D eigenvalue weighted by atomic mass is 10.1. The number of rotatable bonds is 6. The standard InChI is InChI=1S/C21H27F3N6O/c22-21(23,24)18-9-15(2-1-14(18)10-29-11-16-17(12-29)20(16)25)28-19(3-4-27-13-31)30-7-5-26-6-8-30/h1-4,9,13,16-17,20,26H,5-8,10-12,25H2,(H,27,31)/b4-3-,28-19?. The molecule has 0 bridgehead atoms. The van der Waals surface area contributed by atoms with Crippen molar-refractivity contribution in [2.75, 3.05) is 39.3 Å². The van der Waals surface area contributed by atoms with Crippen molar-refractivity contribution in [1.29, 1.82) is 0 Å². The third-order valence-corrected chi connectivity index (χ3v) is 6.21. The number of nitrogens with zero attached hydrogens (tertiary/aromatic N) is 3. The number of nitrogens with two attached hydrogens (primary N) is 1. The smallest absolute Gasteiger partial charge is 0.354 e. The van der Waals surface area contributed by atoms with E-state index in [2.05, 4.69) is 15.6 Å². The Morgan fingerprint density at radius 2 is 1.97 bits per heavy atom. The molecule has 2 atom stereocenters. The first kappa shape index (κ1) is 21.8. The number of alkyl halides is 3. The lowest BCUT2D eigenvalue weighted by Crippen LogP contribution is -2.46. The number of fused-ring (bicyclic) bond motifs is 1. The van der Waals surface area contributed by atoms with Crippen molar-refractivity contribution in [2.45, 2.75) is 18.8 Å². The summed E-state index contributed by atoms with van der Waals surface area (Å²) in [4.78, 5) is 19.0. The number of nitrogens with one attached hydrogen (secondary N) is 2. The van der Waals surface area contributed by atoms with Gasteiger partial charge in [-0.05, 0) is 35.6 Å². The number of carbonyl (C=O) groups excluding carboxylic acids is 1. The van der Waals surface area contributed by atoms with E-state index >= 15 is 0 Å². The van der Waals surface area contributed by atoms with Gasteiger partial charge in [0.1, 0.15) is 5.84 Å². The topological polar surface area (TPSA) is 86.0 Å². The van der Waals surface area contributed by atoms with Gasteiger partial charge in [-0.25, -0.2) is 4.99 Å². The summed E-state index contributed by atoms with van der Waals surface area (Å²) in [6, 6.07) is 4.46. The van der Waals surface area contributed by atoms with E-state index in [0.717, 1.165) is 32.2 Å². The van der Waals surface area contributed by atoms with Gasteiger partial charge in [0.15, 0.2) is 0 Å². The Balaban J connectivity index is 1.58. The molecule has 1 saturated carbocycles. The van der Waals surface area contributed by atoms with Gasteiger partial charge in [0, 0.05) is 58.1 Å². The number of benzene rings is 1. The summed E-state index contributed by atoms with van der Waals surface area (Å²) in [5.74, 6) is 1.35. The maximum atomic E-state index is 13.8. The van der Waals surface area contributed by atoms with Crippen molar-refractivity contribution >= 4 is 17.9 Å². The lowest BCUT2D eigenvalue weighted by molar-refractivity contribution is -0.138. The molecule has 0 radical (unpaired) electrons. The fraction of sp³-hybridized carbons (Fsp3) is 0.524. The minimum absolute atomic E-state index is 0.209. The summed E-state index contributed by atoms with van der Waals surface area (Å²) < 4.78 is 41.5. The minimum atomic E-state index is -4.47. The number of likely N-dealkylation sites (tertiary alicyclic amines) is 1. The van der Waals surface area contributed by atoms with E-state index in [-0.39, 0.29) is 23.8 Å². The zero-order valence-electron chi connectivity index (χ0n) is 17.1. The normalized spacial score (nSPS) is 26.9. The van der Waals surface area contributed by atoms with Crippen LogP contribution in [-0.2, 0) is 17.5 Å². The van der Waals surface area contributed by atoms with E-state index in [1.54, 1.807) is 12.1 Å². The molecule has 31 heavy (non-hydrogen) atoms. The molecule has 2 heterocycles. The quantitative estimate of drug-likeness (QED) is 0.356. The average Bonchev–Trinajstić information content (AvgIpc) is 3.14. The molecule has 1 aromatic rings. The number of halogens is 3. The molecule has 4 rings (SSSR count). The minimum Gasteiger partial charge on any atom is -0.354 e. The van der Waals surface area contributed by atoms with Gasteiger partial charge in [0.25, 0.3) is 0 Å². The first-order chi connectivity index (χ1) is 14.9. The van der Waals surface area contributed by atoms with Gasteiger partial charge in [-0.15, -0.1) is 0 Å². The Kier molecular flexibility index (Phi) is 6.31. The van der Waals surface area contributed by atoms with Crippen LogP contribution in [0.5, 0.6) is 0 Å². The molecule has 2 unspecified atom stereocenters. The van der Waals surface area contributed by atoms with Crippen LogP contribution in [-0.4, -0.2) is 67.4 Å². The van der Waals surface area contributed by atoms with Crippen molar-refractivity contribution in [2.24, 2.45) is 22.6 Å². The Hall–Kier alpha value is -2.43. The van der Waals surface area contributed by atoms with E-state index in [1.807, 2.05) is 9.80 Å². The van der Waals surface area contributed by atoms with Crippen LogP contribution in [0.2, 0.25) is 0 Å². The van der Waals surface area contributed by atoms with Gasteiger partial charge in [-0.2, -0.15) is 13.2 Å². The Morgan fingerprint density at radius 3 is 2.61 bits per heavy atom.